The van der Waals surface area contributed by atoms with Gasteiger partial charge >= 0.3 is 5.97 Å². The second-order valence-electron chi connectivity index (χ2n) is 11.9. The lowest BCUT2D eigenvalue weighted by Gasteiger charge is -2.26. The first-order valence-electron chi connectivity index (χ1n) is 14.0. The molecule has 1 aromatic heterocycles. The topological polar surface area (TPSA) is 115 Å². The van der Waals surface area contributed by atoms with Gasteiger partial charge in [-0.2, -0.15) is 0 Å². The molecule has 0 radical (unpaired) electrons. The third-order valence-electron chi connectivity index (χ3n) is 9.39. The number of carbonyl (C=O) groups is 2. The fourth-order valence-electron chi connectivity index (χ4n) is 7.04. The summed E-state index contributed by atoms with van der Waals surface area (Å²) in [5.41, 5.74) is 4.80. The largest absolute Gasteiger partial charge is 0.501 e. The van der Waals surface area contributed by atoms with Crippen molar-refractivity contribution in [1.82, 2.24) is 9.29 Å². The Morgan fingerprint density at radius 1 is 1.15 bits per heavy atom. The molecule has 39 heavy (non-hydrogen) atoms. The number of aromatic nitrogens is 1. The zero-order valence-electron chi connectivity index (χ0n) is 22.7. The molecule has 1 aliphatic heterocycles. The second kappa shape index (κ2) is 9.25. The maximum Gasteiger partial charge on any atom is 0.312 e. The highest BCUT2D eigenvalue weighted by molar-refractivity contribution is 7.90. The molecule has 0 bridgehead atoms. The second-order valence-corrected chi connectivity index (χ2v) is 14.1. The van der Waals surface area contributed by atoms with E-state index in [1.165, 1.54) is 31.4 Å². The predicted molar refractivity (Wildman–Crippen MR) is 149 cm³/mol. The quantitative estimate of drug-likeness (QED) is 0.500. The van der Waals surface area contributed by atoms with Crippen LogP contribution in [0.5, 0.6) is 0 Å². The van der Waals surface area contributed by atoms with Gasteiger partial charge in [-0.25, -0.2) is 13.1 Å². The van der Waals surface area contributed by atoms with Crippen molar-refractivity contribution in [2.24, 2.45) is 11.3 Å². The minimum atomic E-state index is -3.79. The Kier molecular flexibility index (Phi) is 6.21. The third-order valence-corrected chi connectivity index (χ3v) is 11.1. The lowest BCUT2D eigenvalue weighted by molar-refractivity contribution is -0.144. The molecule has 8 nitrogen and oxygen atoms in total. The molecule has 2 aromatic rings. The SMILES string of the molecule is COC1=CC2=C(CC1)c1c(C3CCCCC3)c3ccc(C(=O)NS(=O)(=O)C(C)C)cc3n1CC1(C(=O)O)CC21. The normalized spacial score (nSPS) is 24.9. The van der Waals surface area contributed by atoms with Gasteiger partial charge in [-0.15, -0.1) is 0 Å². The van der Waals surface area contributed by atoms with Crippen LogP contribution in [-0.2, 0) is 26.1 Å². The molecule has 2 fully saturated rings. The van der Waals surface area contributed by atoms with Crippen LogP contribution < -0.4 is 4.72 Å². The number of carboxylic acid groups (broad SMARTS) is 1. The van der Waals surface area contributed by atoms with Crippen LogP contribution in [0.25, 0.3) is 16.5 Å². The summed E-state index contributed by atoms with van der Waals surface area (Å²) < 4.78 is 34.8. The van der Waals surface area contributed by atoms with E-state index in [0.29, 0.717) is 18.9 Å². The van der Waals surface area contributed by atoms with Crippen LogP contribution >= 0.6 is 0 Å². The van der Waals surface area contributed by atoms with Crippen LogP contribution in [0.15, 0.2) is 35.6 Å². The maximum absolute atomic E-state index is 13.1. The zero-order valence-corrected chi connectivity index (χ0v) is 23.6. The molecule has 4 aliphatic rings. The van der Waals surface area contributed by atoms with Crippen molar-refractivity contribution >= 4 is 38.4 Å². The average molecular weight is 553 g/mol. The standard InChI is InChI=1S/C30H36N2O6S/c1-17(2)39(36,37)31-28(33)19-9-11-22-25(13-19)32-16-30(29(34)35)15-24(30)23-14-20(38-3)10-12-21(23)27(32)26(22)18-7-5-4-6-8-18/h9,11,13-14,17-18,24H,4-8,10,12,15-16H2,1-3H3,(H,31,33)(H,34,35). The van der Waals surface area contributed by atoms with Crippen molar-refractivity contribution in [2.75, 3.05) is 7.11 Å². The number of benzene rings is 1. The van der Waals surface area contributed by atoms with Crippen molar-refractivity contribution in [3.05, 3.63) is 52.4 Å². The van der Waals surface area contributed by atoms with Gasteiger partial charge in [0, 0.05) is 41.0 Å². The molecule has 2 unspecified atom stereocenters. The zero-order chi connectivity index (χ0) is 27.7. The minimum Gasteiger partial charge on any atom is -0.501 e. The van der Waals surface area contributed by atoms with E-state index in [4.69, 9.17) is 4.74 Å². The number of hydrogen-bond donors (Lipinski definition) is 2. The number of fused-ring (bicyclic) bond motifs is 6. The molecule has 2 N–H and O–H groups in total. The van der Waals surface area contributed by atoms with Crippen molar-refractivity contribution in [3.8, 4) is 0 Å². The Balaban J connectivity index is 1.59. The van der Waals surface area contributed by atoms with Gasteiger partial charge in [0.05, 0.1) is 23.5 Å². The van der Waals surface area contributed by atoms with E-state index in [1.807, 2.05) is 6.07 Å². The van der Waals surface area contributed by atoms with Gasteiger partial charge in [0.15, 0.2) is 0 Å². The van der Waals surface area contributed by atoms with E-state index in [-0.39, 0.29) is 11.5 Å². The Hall–Kier alpha value is -3.07. The summed E-state index contributed by atoms with van der Waals surface area (Å²) in [4.78, 5) is 25.8. The summed E-state index contributed by atoms with van der Waals surface area (Å²) in [5, 5.41) is 10.7. The number of nitrogens with zero attached hydrogens (tertiary/aromatic N) is 1. The number of carboxylic acids is 1. The molecule has 2 heterocycles. The molecule has 3 aliphatic carbocycles. The van der Waals surface area contributed by atoms with Gasteiger partial charge in [-0.3, -0.25) is 9.59 Å². The highest BCUT2D eigenvalue weighted by Crippen LogP contribution is 2.63. The average Bonchev–Trinajstić information content (AvgIpc) is 3.59. The van der Waals surface area contributed by atoms with Crippen molar-refractivity contribution in [2.45, 2.75) is 82.9 Å². The first-order valence-corrected chi connectivity index (χ1v) is 15.6. The number of nitrogens with one attached hydrogen (secondary N) is 1. The van der Waals surface area contributed by atoms with Gasteiger partial charge in [0.1, 0.15) is 0 Å². The Bertz CT molecular complexity index is 1560. The van der Waals surface area contributed by atoms with Crippen LogP contribution in [0.2, 0.25) is 0 Å². The maximum atomic E-state index is 13.1. The molecule has 1 amide bonds. The summed E-state index contributed by atoms with van der Waals surface area (Å²) >= 11 is 0. The lowest BCUT2D eigenvalue weighted by Crippen LogP contribution is -2.35. The predicted octanol–water partition coefficient (Wildman–Crippen LogP) is 5.34. The van der Waals surface area contributed by atoms with Crippen molar-refractivity contribution < 1.29 is 27.9 Å². The number of carbonyl (C=O) groups excluding carboxylic acids is 1. The fraction of sp³-hybridized carbons (Fsp3) is 0.533. The van der Waals surface area contributed by atoms with Crippen LogP contribution in [-0.4, -0.2) is 42.3 Å². The number of aliphatic carboxylic acids is 1. The van der Waals surface area contributed by atoms with Gasteiger partial charge in [0.2, 0.25) is 10.0 Å². The molecule has 9 heteroatoms. The number of ether oxygens (including phenoxy) is 1. The molecule has 2 saturated carbocycles. The summed E-state index contributed by atoms with van der Waals surface area (Å²) in [6, 6.07) is 5.40. The third kappa shape index (κ3) is 4.12. The van der Waals surface area contributed by atoms with Crippen LogP contribution in [0, 0.1) is 11.3 Å². The number of methoxy groups -OCH3 is 1. The molecular formula is C30H36N2O6S. The van der Waals surface area contributed by atoms with E-state index in [9.17, 15) is 23.1 Å². The van der Waals surface area contributed by atoms with Crippen molar-refractivity contribution in [1.29, 1.82) is 0 Å². The number of hydrogen-bond acceptors (Lipinski definition) is 5. The van der Waals surface area contributed by atoms with Crippen LogP contribution in [0.1, 0.15) is 92.7 Å². The monoisotopic (exact) mass is 552 g/mol. The lowest BCUT2D eigenvalue weighted by atomic mass is 9.80. The Morgan fingerprint density at radius 3 is 2.56 bits per heavy atom. The summed E-state index contributed by atoms with van der Waals surface area (Å²) in [6.45, 7) is 3.38. The molecule has 6 rings (SSSR count). The smallest absolute Gasteiger partial charge is 0.312 e. The Morgan fingerprint density at radius 2 is 1.90 bits per heavy atom. The highest BCUT2D eigenvalue weighted by Gasteiger charge is 2.63. The summed E-state index contributed by atoms with van der Waals surface area (Å²) in [5.74, 6) is -0.309. The van der Waals surface area contributed by atoms with Crippen molar-refractivity contribution in [3.63, 3.8) is 0 Å². The van der Waals surface area contributed by atoms with Gasteiger partial charge in [-0.05, 0) is 80.4 Å². The highest BCUT2D eigenvalue weighted by atomic mass is 32.2. The molecule has 208 valence electrons. The van der Waals surface area contributed by atoms with E-state index in [1.54, 1.807) is 19.2 Å². The van der Waals surface area contributed by atoms with E-state index < -0.39 is 32.6 Å². The van der Waals surface area contributed by atoms with E-state index in [0.717, 1.165) is 66.5 Å². The van der Waals surface area contributed by atoms with Crippen LogP contribution in [0.4, 0.5) is 0 Å². The number of allylic oxidation sites excluding steroid dienone is 4. The number of amides is 1. The first-order chi connectivity index (χ1) is 18.6. The van der Waals surface area contributed by atoms with Gasteiger partial charge in [0.25, 0.3) is 5.91 Å². The minimum absolute atomic E-state index is 0.0766. The molecule has 2 atom stereocenters. The fourth-order valence-corrected chi connectivity index (χ4v) is 7.66. The first kappa shape index (κ1) is 26.2. The van der Waals surface area contributed by atoms with Gasteiger partial charge in [-0.1, -0.05) is 25.3 Å². The van der Waals surface area contributed by atoms with E-state index in [2.05, 4.69) is 15.4 Å². The molecule has 1 aromatic carbocycles. The number of sulfonamides is 1. The Labute approximate surface area is 229 Å². The number of rotatable bonds is 6. The van der Waals surface area contributed by atoms with Crippen LogP contribution in [0.3, 0.4) is 0 Å². The summed E-state index contributed by atoms with van der Waals surface area (Å²) in [7, 11) is -2.12. The van der Waals surface area contributed by atoms with E-state index >= 15 is 0 Å². The molecule has 0 saturated heterocycles. The molecular weight excluding hydrogens is 516 g/mol. The van der Waals surface area contributed by atoms with Gasteiger partial charge < -0.3 is 14.4 Å². The summed E-state index contributed by atoms with van der Waals surface area (Å²) in [6.07, 6.45) is 9.87. The molecule has 0 spiro atoms.